The van der Waals surface area contributed by atoms with E-state index in [2.05, 4.69) is 19.2 Å². The Morgan fingerprint density at radius 2 is 2.00 bits per heavy atom. The molecule has 1 aliphatic rings. The van der Waals surface area contributed by atoms with Crippen molar-refractivity contribution in [3.8, 4) is 0 Å². The second kappa shape index (κ2) is 5.15. The van der Waals surface area contributed by atoms with Crippen LogP contribution in [0.3, 0.4) is 0 Å². The Balaban J connectivity index is 2.80. The molecule has 0 aromatic carbocycles. The van der Waals surface area contributed by atoms with E-state index in [0.29, 0.717) is 13.2 Å². The number of esters is 1. The Bertz CT molecular complexity index is 253. The maximum absolute atomic E-state index is 12.0. The van der Waals surface area contributed by atoms with Crippen molar-refractivity contribution >= 4 is 5.97 Å². The summed E-state index contributed by atoms with van der Waals surface area (Å²) in [4.78, 5) is 12.0. The fraction of sp³-hybridized carbons (Fsp3) is 0.917. The van der Waals surface area contributed by atoms with Crippen molar-refractivity contribution in [1.82, 2.24) is 5.32 Å². The summed E-state index contributed by atoms with van der Waals surface area (Å²) in [6.07, 6.45) is 2.94. The van der Waals surface area contributed by atoms with E-state index < -0.39 is 5.54 Å². The van der Waals surface area contributed by atoms with E-state index in [0.717, 1.165) is 19.3 Å². The van der Waals surface area contributed by atoms with Crippen LogP contribution in [0, 0.1) is 5.41 Å². The monoisotopic (exact) mass is 229 g/mol. The highest BCUT2D eigenvalue weighted by molar-refractivity contribution is 5.82. The molecule has 1 fully saturated rings. The molecule has 0 spiro atoms. The van der Waals surface area contributed by atoms with Crippen molar-refractivity contribution < 1.29 is 14.3 Å². The predicted molar refractivity (Wildman–Crippen MR) is 62.3 cm³/mol. The van der Waals surface area contributed by atoms with Gasteiger partial charge in [-0.15, -0.1) is 0 Å². The number of rotatable bonds is 5. The second-order valence-corrected chi connectivity index (χ2v) is 5.05. The molecule has 0 aromatic heterocycles. The summed E-state index contributed by atoms with van der Waals surface area (Å²) in [6, 6.07) is 0. The van der Waals surface area contributed by atoms with Crippen LogP contribution < -0.4 is 5.32 Å². The first kappa shape index (κ1) is 13.5. The normalized spacial score (nSPS) is 28.0. The summed E-state index contributed by atoms with van der Waals surface area (Å²) in [5.41, 5.74) is -0.603. The van der Waals surface area contributed by atoms with Crippen molar-refractivity contribution in [3.05, 3.63) is 0 Å². The van der Waals surface area contributed by atoms with Crippen LogP contribution in [0.1, 0.15) is 33.1 Å². The van der Waals surface area contributed by atoms with Crippen molar-refractivity contribution in [2.45, 2.75) is 38.6 Å². The second-order valence-electron chi connectivity index (χ2n) is 5.05. The third kappa shape index (κ3) is 2.23. The number of ether oxygens (including phenoxy) is 2. The molecule has 1 saturated carbocycles. The number of hydrogen-bond acceptors (Lipinski definition) is 4. The minimum atomic E-state index is -0.541. The van der Waals surface area contributed by atoms with Gasteiger partial charge in [-0.25, -0.2) is 0 Å². The van der Waals surface area contributed by atoms with Gasteiger partial charge in [0.1, 0.15) is 5.54 Å². The van der Waals surface area contributed by atoms with Crippen molar-refractivity contribution in [2.75, 3.05) is 27.4 Å². The van der Waals surface area contributed by atoms with Gasteiger partial charge in [-0.3, -0.25) is 10.1 Å². The molecule has 0 aliphatic heterocycles. The molecule has 1 unspecified atom stereocenters. The molecule has 0 heterocycles. The Kier molecular flexibility index (Phi) is 4.33. The van der Waals surface area contributed by atoms with E-state index in [-0.39, 0.29) is 11.4 Å². The topological polar surface area (TPSA) is 47.6 Å². The van der Waals surface area contributed by atoms with Gasteiger partial charge in [0.2, 0.25) is 0 Å². The Morgan fingerprint density at radius 3 is 2.44 bits per heavy atom. The van der Waals surface area contributed by atoms with Crippen LogP contribution in [-0.2, 0) is 14.3 Å². The summed E-state index contributed by atoms with van der Waals surface area (Å²) >= 11 is 0. The standard InChI is InChI=1S/C12H23NO3/c1-11(2)6-5-7-12(11,10(14)16-4)13-8-9-15-3/h13H,5-9H2,1-4H3. The molecule has 4 nitrogen and oxygen atoms in total. The zero-order chi connectivity index (χ0) is 12.2. The van der Waals surface area contributed by atoms with Crippen LogP contribution in [0.15, 0.2) is 0 Å². The van der Waals surface area contributed by atoms with Gasteiger partial charge in [-0.05, 0) is 18.3 Å². The lowest BCUT2D eigenvalue weighted by Gasteiger charge is -2.39. The summed E-state index contributed by atoms with van der Waals surface area (Å²) in [5, 5.41) is 3.34. The average Bonchev–Trinajstić information content (AvgIpc) is 2.54. The maximum atomic E-state index is 12.0. The Labute approximate surface area is 97.7 Å². The summed E-state index contributed by atoms with van der Waals surface area (Å²) in [7, 11) is 3.11. The average molecular weight is 229 g/mol. The molecule has 0 radical (unpaired) electrons. The van der Waals surface area contributed by atoms with Gasteiger partial charge in [0.15, 0.2) is 0 Å². The van der Waals surface area contributed by atoms with E-state index >= 15 is 0 Å². The molecule has 0 amide bonds. The van der Waals surface area contributed by atoms with E-state index in [1.165, 1.54) is 7.11 Å². The molecule has 1 rings (SSSR count). The number of nitrogens with one attached hydrogen (secondary N) is 1. The lowest BCUT2D eigenvalue weighted by Crippen LogP contribution is -2.59. The third-order valence-electron chi connectivity index (χ3n) is 3.78. The van der Waals surface area contributed by atoms with Gasteiger partial charge in [0.05, 0.1) is 13.7 Å². The van der Waals surface area contributed by atoms with Crippen LogP contribution >= 0.6 is 0 Å². The van der Waals surface area contributed by atoms with Gasteiger partial charge < -0.3 is 9.47 Å². The van der Waals surface area contributed by atoms with Crippen LogP contribution in [-0.4, -0.2) is 38.9 Å². The maximum Gasteiger partial charge on any atom is 0.326 e. The summed E-state index contributed by atoms with van der Waals surface area (Å²) < 4.78 is 9.98. The minimum Gasteiger partial charge on any atom is -0.468 e. The first-order chi connectivity index (χ1) is 7.50. The number of carbonyl (C=O) groups is 1. The molecule has 1 aliphatic carbocycles. The predicted octanol–water partition coefficient (Wildman–Crippen LogP) is 1.34. The number of hydrogen-bond donors (Lipinski definition) is 1. The SMILES string of the molecule is COCCNC1(C(=O)OC)CCCC1(C)C. The molecule has 4 heteroatoms. The lowest BCUT2D eigenvalue weighted by molar-refractivity contribution is -0.153. The van der Waals surface area contributed by atoms with Gasteiger partial charge in [0.25, 0.3) is 0 Å². The third-order valence-corrected chi connectivity index (χ3v) is 3.78. The molecular weight excluding hydrogens is 206 g/mol. The zero-order valence-electron chi connectivity index (χ0n) is 10.8. The Morgan fingerprint density at radius 1 is 1.31 bits per heavy atom. The van der Waals surface area contributed by atoms with E-state index in [4.69, 9.17) is 9.47 Å². The van der Waals surface area contributed by atoms with Gasteiger partial charge in [-0.2, -0.15) is 0 Å². The van der Waals surface area contributed by atoms with Gasteiger partial charge in [0, 0.05) is 13.7 Å². The molecule has 0 saturated heterocycles. The quantitative estimate of drug-likeness (QED) is 0.571. The fourth-order valence-electron chi connectivity index (χ4n) is 2.67. The Hall–Kier alpha value is -0.610. The number of carbonyl (C=O) groups excluding carboxylic acids is 1. The highest BCUT2D eigenvalue weighted by Crippen LogP contribution is 2.46. The van der Waals surface area contributed by atoms with Crippen LogP contribution in [0.4, 0.5) is 0 Å². The van der Waals surface area contributed by atoms with Crippen molar-refractivity contribution in [2.24, 2.45) is 5.41 Å². The molecule has 1 atom stereocenters. The summed E-state index contributed by atoms with van der Waals surface area (Å²) in [5.74, 6) is -0.147. The van der Waals surface area contributed by atoms with Crippen LogP contribution in [0.2, 0.25) is 0 Å². The molecule has 16 heavy (non-hydrogen) atoms. The van der Waals surface area contributed by atoms with Gasteiger partial charge >= 0.3 is 5.97 Å². The molecule has 0 aromatic rings. The molecule has 1 N–H and O–H groups in total. The molecular formula is C12H23NO3. The highest BCUT2D eigenvalue weighted by atomic mass is 16.5. The van der Waals surface area contributed by atoms with E-state index in [1.807, 2.05) is 0 Å². The molecule has 0 bridgehead atoms. The van der Waals surface area contributed by atoms with E-state index in [9.17, 15) is 4.79 Å². The van der Waals surface area contributed by atoms with E-state index in [1.54, 1.807) is 7.11 Å². The first-order valence-corrected chi connectivity index (χ1v) is 5.82. The number of methoxy groups -OCH3 is 2. The fourth-order valence-corrected chi connectivity index (χ4v) is 2.67. The highest BCUT2D eigenvalue weighted by Gasteiger charge is 2.54. The van der Waals surface area contributed by atoms with Crippen molar-refractivity contribution in [3.63, 3.8) is 0 Å². The zero-order valence-corrected chi connectivity index (χ0v) is 10.8. The van der Waals surface area contributed by atoms with Crippen LogP contribution in [0.5, 0.6) is 0 Å². The smallest absolute Gasteiger partial charge is 0.326 e. The largest absolute Gasteiger partial charge is 0.468 e. The first-order valence-electron chi connectivity index (χ1n) is 5.82. The van der Waals surface area contributed by atoms with Crippen LogP contribution in [0.25, 0.3) is 0 Å². The minimum absolute atomic E-state index is 0.0617. The molecule has 94 valence electrons. The summed E-state index contributed by atoms with van der Waals surface area (Å²) in [6.45, 7) is 5.53. The van der Waals surface area contributed by atoms with Gasteiger partial charge in [-0.1, -0.05) is 20.3 Å². The van der Waals surface area contributed by atoms with Crippen molar-refractivity contribution in [1.29, 1.82) is 0 Å². The lowest BCUT2D eigenvalue weighted by atomic mass is 9.75.